The van der Waals surface area contributed by atoms with Gasteiger partial charge in [0.25, 0.3) is 0 Å². The molecule has 130 valence electrons. The average Bonchev–Trinajstić information content (AvgIpc) is 2.50. The molecular formula is C17H27ClN2O2S. The minimum Gasteiger partial charge on any atom is -0.497 e. The first-order chi connectivity index (χ1) is 10.4. The van der Waals surface area contributed by atoms with Crippen LogP contribution in [-0.4, -0.2) is 42.8 Å². The van der Waals surface area contributed by atoms with E-state index in [0.717, 1.165) is 35.9 Å². The van der Waals surface area contributed by atoms with Gasteiger partial charge in [-0.25, -0.2) is 0 Å². The molecule has 0 bridgehead atoms. The number of ether oxygens (including phenoxy) is 1. The molecule has 1 unspecified atom stereocenters. The second-order valence-electron chi connectivity index (χ2n) is 6.47. The molecule has 2 N–H and O–H groups in total. The molecule has 6 heteroatoms. The van der Waals surface area contributed by atoms with Gasteiger partial charge in [0.1, 0.15) is 5.75 Å². The van der Waals surface area contributed by atoms with Crippen molar-refractivity contribution in [3.05, 3.63) is 24.3 Å². The largest absolute Gasteiger partial charge is 0.497 e. The smallest absolute Gasteiger partial charge is 0.223 e. The Kier molecular flexibility index (Phi) is 7.71. The van der Waals surface area contributed by atoms with Gasteiger partial charge in [0.2, 0.25) is 5.91 Å². The van der Waals surface area contributed by atoms with E-state index in [2.05, 4.69) is 13.8 Å². The van der Waals surface area contributed by atoms with Crippen molar-refractivity contribution < 1.29 is 9.53 Å². The first-order valence-corrected chi connectivity index (χ1v) is 8.71. The van der Waals surface area contributed by atoms with Gasteiger partial charge >= 0.3 is 0 Å². The fraction of sp³-hybridized carbons (Fsp3) is 0.588. The highest BCUT2D eigenvalue weighted by Crippen LogP contribution is 2.28. The van der Waals surface area contributed by atoms with E-state index in [4.69, 9.17) is 10.5 Å². The number of amides is 1. The Labute approximate surface area is 149 Å². The molecule has 1 aromatic rings. The van der Waals surface area contributed by atoms with Crippen molar-refractivity contribution in [3.8, 4) is 5.75 Å². The van der Waals surface area contributed by atoms with E-state index in [1.54, 1.807) is 18.9 Å². The molecule has 0 aromatic heterocycles. The van der Waals surface area contributed by atoms with E-state index >= 15 is 0 Å². The fourth-order valence-corrected chi connectivity index (χ4v) is 3.51. The van der Waals surface area contributed by atoms with Crippen LogP contribution in [0.15, 0.2) is 29.2 Å². The van der Waals surface area contributed by atoms with Crippen LogP contribution in [0.25, 0.3) is 0 Å². The Balaban J connectivity index is 0.00000264. The zero-order valence-electron chi connectivity index (χ0n) is 14.1. The summed E-state index contributed by atoms with van der Waals surface area (Å²) in [6.07, 6.45) is 1.46. The number of carbonyl (C=O) groups excluding carboxylic acids is 1. The van der Waals surface area contributed by atoms with Crippen LogP contribution in [-0.2, 0) is 4.79 Å². The molecule has 0 aliphatic carbocycles. The number of hydrogen-bond acceptors (Lipinski definition) is 4. The third kappa shape index (κ3) is 5.59. The summed E-state index contributed by atoms with van der Waals surface area (Å²) >= 11 is 1.70. The lowest BCUT2D eigenvalue weighted by molar-refractivity contribution is -0.134. The maximum atomic E-state index is 12.3. The highest BCUT2D eigenvalue weighted by molar-refractivity contribution is 7.99. The molecule has 1 atom stereocenters. The summed E-state index contributed by atoms with van der Waals surface area (Å²) in [5.41, 5.74) is 6.13. The van der Waals surface area contributed by atoms with E-state index in [9.17, 15) is 4.79 Å². The first kappa shape index (κ1) is 20.1. The summed E-state index contributed by atoms with van der Waals surface area (Å²) in [7, 11) is 1.66. The normalized spacial score (nSPS) is 19.8. The third-order valence-corrected chi connectivity index (χ3v) is 5.32. The van der Waals surface area contributed by atoms with Gasteiger partial charge in [-0.3, -0.25) is 4.79 Å². The highest BCUT2D eigenvalue weighted by Gasteiger charge is 2.34. The number of piperidine rings is 1. The molecule has 4 nitrogen and oxygen atoms in total. The molecule has 0 radical (unpaired) electrons. The molecule has 1 saturated heterocycles. The Morgan fingerprint density at radius 3 is 2.61 bits per heavy atom. The topological polar surface area (TPSA) is 55.6 Å². The average molecular weight is 359 g/mol. The maximum Gasteiger partial charge on any atom is 0.223 e. The van der Waals surface area contributed by atoms with E-state index in [0.29, 0.717) is 6.42 Å². The summed E-state index contributed by atoms with van der Waals surface area (Å²) in [4.78, 5) is 15.5. The second-order valence-corrected chi connectivity index (χ2v) is 7.64. The number of likely N-dealkylation sites (tertiary alicyclic amines) is 1. The lowest BCUT2D eigenvalue weighted by atomic mass is 9.79. The quantitative estimate of drug-likeness (QED) is 0.821. The molecule has 2 rings (SSSR count). The van der Waals surface area contributed by atoms with Gasteiger partial charge < -0.3 is 15.4 Å². The number of hydrogen-bond donors (Lipinski definition) is 1. The highest BCUT2D eigenvalue weighted by atomic mass is 35.5. The van der Waals surface area contributed by atoms with Crippen molar-refractivity contribution in [1.29, 1.82) is 0 Å². The van der Waals surface area contributed by atoms with Gasteiger partial charge in [-0.1, -0.05) is 13.8 Å². The minimum atomic E-state index is 0. The number of methoxy groups -OCH3 is 1. The molecule has 1 aromatic carbocycles. The van der Waals surface area contributed by atoms with Gasteiger partial charge in [0, 0.05) is 36.2 Å². The van der Waals surface area contributed by atoms with Crippen LogP contribution in [0.2, 0.25) is 0 Å². The number of nitrogens with zero attached hydrogens (tertiary/aromatic N) is 1. The van der Waals surface area contributed by atoms with Gasteiger partial charge in [0.05, 0.1) is 7.11 Å². The van der Waals surface area contributed by atoms with Crippen molar-refractivity contribution in [2.45, 2.75) is 37.6 Å². The lowest BCUT2D eigenvalue weighted by Gasteiger charge is -2.42. The Hall–Kier alpha value is -0.910. The fourth-order valence-electron chi connectivity index (χ4n) is 2.67. The summed E-state index contributed by atoms with van der Waals surface area (Å²) in [5, 5.41) is 0. The van der Waals surface area contributed by atoms with Gasteiger partial charge in [-0.05, 0) is 36.1 Å². The van der Waals surface area contributed by atoms with Crippen LogP contribution in [0.1, 0.15) is 26.7 Å². The third-order valence-electron chi connectivity index (χ3n) is 4.31. The summed E-state index contributed by atoms with van der Waals surface area (Å²) < 4.78 is 5.14. The zero-order valence-corrected chi connectivity index (χ0v) is 15.7. The molecule has 1 heterocycles. The summed E-state index contributed by atoms with van der Waals surface area (Å²) in [6, 6.07) is 8.12. The van der Waals surface area contributed by atoms with Crippen LogP contribution >= 0.6 is 24.2 Å². The van der Waals surface area contributed by atoms with Crippen LogP contribution in [0.5, 0.6) is 5.75 Å². The number of thioether (sulfide) groups is 1. The lowest BCUT2D eigenvalue weighted by Crippen LogP contribution is -2.54. The molecule has 1 aliphatic rings. The van der Waals surface area contributed by atoms with Crippen molar-refractivity contribution in [3.63, 3.8) is 0 Å². The monoisotopic (exact) mass is 358 g/mol. The molecule has 1 fully saturated rings. The van der Waals surface area contributed by atoms with Gasteiger partial charge in [-0.2, -0.15) is 0 Å². The number of carbonyl (C=O) groups is 1. The molecule has 23 heavy (non-hydrogen) atoms. The van der Waals surface area contributed by atoms with Crippen molar-refractivity contribution in [1.82, 2.24) is 4.90 Å². The first-order valence-electron chi connectivity index (χ1n) is 7.72. The van der Waals surface area contributed by atoms with Crippen LogP contribution in [0.4, 0.5) is 0 Å². The van der Waals surface area contributed by atoms with E-state index in [1.165, 1.54) is 0 Å². The molecule has 1 amide bonds. The number of nitrogens with two attached hydrogens (primary N) is 1. The number of halogens is 1. The predicted octanol–water partition coefficient (Wildman–Crippen LogP) is 3.19. The zero-order chi connectivity index (χ0) is 16.2. The predicted molar refractivity (Wildman–Crippen MR) is 98.5 cm³/mol. The number of benzene rings is 1. The Bertz CT molecular complexity index is 508. The van der Waals surface area contributed by atoms with E-state index < -0.39 is 0 Å². The van der Waals surface area contributed by atoms with Crippen molar-refractivity contribution >= 4 is 30.1 Å². The second kappa shape index (κ2) is 8.81. The Morgan fingerprint density at radius 1 is 1.39 bits per heavy atom. The van der Waals surface area contributed by atoms with Gasteiger partial charge in [-0.15, -0.1) is 24.2 Å². The molecule has 0 spiro atoms. The molecule has 1 aliphatic heterocycles. The van der Waals surface area contributed by atoms with Crippen LogP contribution < -0.4 is 10.5 Å². The summed E-state index contributed by atoms with van der Waals surface area (Å²) in [6.45, 7) is 5.84. The van der Waals surface area contributed by atoms with E-state index in [1.807, 2.05) is 29.2 Å². The SMILES string of the molecule is COc1ccc(SCCC(=O)N2CCC(N)C(C)(C)C2)cc1.Cl. The Morgan fingerprint density at radius 2 is 2.04 bits per heavy atom. The molecular weight excluding hydrogens is 332 g/mol. The van der Waals surface area contributed by atoms with Crippen LogP contribution in [0, 0.1) is 5.41 Å². The number of rotatable bonds is 5. The molecule has 0 saturated carbocycles. The van der Waals surface area contributed by atoms with Crippen LogP contribution in [0.3, 0.4) is 0 Å². The van der Waals surface area contributed by atoms with Crippen molar-refractivity contribution in [2.24, 2.45) is 11.1 Å². The van der Waals surface area contributed by atoms with Crippen molar-refractivity contribution in [2.75, 3.05) is 26.0 Å². The standard InChI is InChI=1S/C17H26N2O2S.ClH/c1-17(2)12-19(10-8-15(17)18)16(20)9-11-22-14-6-4-13(21-3)5-7-14;/h4-7,15H,8-12,18H2,1-3H3;1H. The minimum absolute atomic E-state index is 0. The van der Waals surface area contributed by atoms with E-state index in [-0.39, 0.29) is 29.8 Å². The maximum absolute atomic E-state index is 12.3. The van der Waals surface area contributed by atoms with Gasteiger partial charge in [0.15, 0.2) is 0 Å². The summed E-state index contributed by atoms with van der Waals surface area (Å²) in [5.74, 6) is 1.89.